The summed E-state index contributed by atoms with van der Waals surface area (Å²) in [5.74, 6) is -0.542. The molecule has 0 radical (unpaired) electrons. The molecule has 0 aromatic carbocycles. The summed E-state index contributed by atoms with van der Waals surface area (Å²) in [6.07, 6.45) is 1.49. The van der Waals surface area contributed by atoms with Crippen LogP contribution in [0.3, 0.4) is 0 Å². The van der Waals surface area contributed by atoms with Gasteiger partial charge in [0.1, 0.15) is 10.6 Å². The smallest absolute Gasteiger partial charge is 0.354 e. The van der Waals surface area contributed by atoms with Gasteiger partial charge in [0.2, 0.25) is 10.0 Å². The quantitative estimate of drug-likeness (QED) is 0.721. The largest absolute Gasteiger partial charge is 0.464 e. The fourth-order valence-electron chi connectivity index (χ4n) is 2.22. The summed E-state index contributed by atoms with van der Waals surface area (Å²) < 4.78 is 33.2. The molecule has 0 amide bonds. The monoisotopic (exact) mass is 316 g/mol. The molecule has 1 rings (SSSR count). The summed E-state index contributed by atoms with van der Waals surface area (Å²) in [5.41, 5.74) is 0.772. The van der Waals surface area contributed by atoms with Crippen molar-refractivity contribution >= 4 is 16.0 Å². The summed E-state index contributed by atoms with van der Waals surface area (Å²) >= 11 is 0. The number of rotatable bonds is 7. The average molecular weight is 316 g/mol. The minimum atomic E-state index is -3.59. The SMILES string of the molecule is CCCN(CCC)S(=O)(=O)c1cc(C(=O)OC)n(C)c1C. The van der Waals surface area contributed by atoms with Crippen LogP contribution in [0.5, 0.6) is 0 Å². The van der Waals surface area contributed by atoms with Crippen LogP contribution >= 0.6 is 0 Å². The fourth-order valence-corrected chi connectivity index (χ4v) is 4.12. The van der Waals surface area contributed by atoms with Crippen molar-refractivity contribution in [2.45, 2.75) is 38.5 Å². The molecule has 0 saturated heterocycles. The predicted octanol–water partition coefficient (Wildman–Crippen LogP) is 1.93. The van der Waals surface area contributed by atoms with E-state index in [4.69, 9.17) is 0 Å². The molecule has 0 N–H and O–H groups in total. The summed E-state index contributed by atoms with van der Waals surface area (Å²) in [4.78, 5) is 11.9. The van der Waals surface area contributed by atoms with Gasteiger partial charge in [0, 0.05) is 25.8 Å². The second-order valence-electron chi connectivity index (χ2n) is 4.93. The van der Waals surface area contributed by atoms with Crippen molar-refractivity contribution < 1.29 is 17.9 Å². The number of ether oxygens (including phenoxy) is 1. The van der Waals surface area contributed by atoms with Crippen LogP contribution in [0.25, 0.3) is 0 Å². The molecule has 0 aliphatic carbocycles. The molecule has 0 fully saturated rings. The number of aromatic nitrogens is 1. The van der Waals surface area contributed by atoms with Crippen LogP contribution < -0.4 is 0 Å². The van der Waals surface area contributed by atoms with E-state index in [0.29, 0.717) is 18.8 Å². The van der Waals surface area contributed by atoms with Gasteiger partial charge in [-0.15, -0.1) is 0 Å². The van der Waals surface area contributed by atoms with Crippen LogP contribution in [-0.2, 0) is 21.8 Å². The van der Waals surface area contributed by atoms with Gasteiger partial charge in [-0.25, -0.2) is 13.2 Å². The molecule has 0 atom stereocenters. The minimum absolute atomic E-state index is 0.173. The van der Waals surface area contributed by atoms with E-state index >= 15 is 0 Å². The second-order valence-corrected chi connectivity index (χ2v) is 6.84. The van der Waals surface area contributed by atoms with Gasteiger partial charge in [-0.05, 0) is 25.8 Å². The average Bonchev–Trinajstić information content (AvgIpc) is 2.75. The highest BCUT2D eigenvalue weighted by Gasteiger charge is 2.29. The van der Waals surface area contributed by atoms with Gasteiger partial charge in [0.25, 0.3) is 0 Å². The van der Waals surface area contributed by atoms with Crippen molar-refractivity contribution in [3.63, 3.8) is 0 Å². The summed E-state index contributed by atoms with van der Waals surface area (Å²) in [5, 5.41) is 0. The van der Waals surface area contributed by atoms with Crippen LogP contribution in [0.1, 0.15) is 42.9 Å². The first-order valence-corrected chi connectivity index (χ1v) is 8.50. The Hall–Kier alpha value is -1.34. The molecular formula is C14H24N2O4S. The lowest BCUT2D eigenvalue weighted by molar-refractivity contribution is 0.0589. The molecule has 7 heteroatoms. The first-order valence-electron chi connectivity index (χ1n) is 7.05. The molecular weight excluding hydrogens is 292 g/mol. The van der Waals surface area contributed by atoms with E-state index in [9.17, 15) is 13.2 Å². The molecule has 21 heavy (non-hydrogen) atoms. The van der Waals surface area contributed by atoms with Crippen LogP contribution in [0.2, 0.25) is 0 Å². The van der Waals surface area contributed by atoms with Crippen LogP contribution in [-0.4, -0.2) is 43.5 Å². The number of sulfonamides is 1. The molecule has 0 unspecified atom stereocenters. The molecule has 0 spiro atoms. The number of hydrogen-bond donors (Lipinski definition) is 0. The third-order valence-electron chi connectivity index (χ3n) is 3.45. The van der Waals surface area contributed by atoms with Gasteiger partial charge in [0.05, 0.1) is 7.11 Å². The molecule has 0 saturated carbocycles. The van der Waals surface area contributed by atoms with Crippen molar-refractivity contribution in [2.24, 2.45) is 7.05 Å². The summed E-state index contributed by atoms with van der Waals surface area (Å²) in [6, 6.07) is 1.40. The maximum Gasteiger partial charge on any atom is 0.354 e. The standard InChI is InChI=1S/C14H24N2O4S/c1-6-8-16(9-7-2)21(18,19)13-10-12(14(17)20-5)15(4)11(13)3/h10H,6-9H2,1-5H3. The first-order chi connectivity index (χ1) is 9.81. The normalized spacial score (nSPS) is 11.9. The molecule has 1 aromatic rings. The van der Waals surface area contributed by atoms with Gasteiger partial charge >= 0.3 is 5.97 Å². The molecule has 6 nitrogen and oxygen atoms in total. The number of methoxy groups -OCH3 is 1. The van der Waals surface area contributed by atoms with Crippen LogP contribution in [0, 0.1) is 6.92 Å². The highest BCUT2D eigenvalue weighted by atomic mass is 32.2. The fraction of sp³-hybridized carbons (Fsp3) is 0.643. The summed E-state index contributed by atoms with van der Waals surface area (Å²) in [7, 11) is -0.660. The molecule has 0 aliphatic heterocycles. The van der Waals surface area contributed by atoms with E-state index in [-0.39, 0.29) is 10.6 Å². The second kappa shape index (κ2) is 7.09. The zero-order valence-corrected chi connectivity index (χ0v) is 14.2. The Morgan fingerprint density at radius 3 is 2.24 bits per heavy atom. The van der Waals surface area contributed by atoms with Gasteiger partial charge in [-0.3, -0.25) is 0 Å². The topological polar surface area (TPSA) is 68.6 Å². The molecule has 0 bridgehead atoms. The van der Waals surface area contributed by atoms with E-state index in [1.54, 1.807) is 18.5 Å². The number of hydrogen-bond acceptors (Lipinski definition) is 4. The maximum atomic E-state index is 12.8. The lowest BCUT2D eigenvalue weighted by Gasteiger charge is -2.20. The maximum absolute atomic E-state index is 12.8. The zero-order chi connectivity index (χ0) is 16.2. The third-order valence-corrected chi connectivity index (χ3v) is 5.46. The van der Waals surface area contributed by atoms with Crippen LogP contribution in [0.15, 0.2) is 11.0 Å². The lowest BCUT2D eigenvalue weighted by Crippen LogP contribution is -2.32. The number of carbonyl (C=O) groups is 1. The van der Waals surface area contributed by atoms with E-state index in [1.165, 1.54) is 17.5 Å². The van der Waals surface area contributed by atoms with E-state index in [1.807, 2.05) is 13.8 Å². The minimum Gasteiger partial charge on any atom is -0.464 e. The number of nitrogens with zero attached hydrogens (tertiary/aromatic N) is 2. The van der Waals surface area contributed by atoms with Crippen LogP contribution in [0.4, 0.5) is 0 Å². The van der Waals surface area contributed by atoms with Crippen molar-refractivity contribution in [3.05, 3.63) is 17.5 Å². The number of esters is 1. The molecule has 0 aliphatic rings. The predicted molar refractivity (Wildman–Crippen MR) is 80.8 cm³/mol. The Morgan fingerprint density at radius 2 is 1.81 bits per heavy atom. The third kappa shape index (κ3) is 3.47. The van der Waals surface area contributed by atoms with Gasteiger partial charge < -0.3 is 9.30 Å². The zero-order valence-electron chi connectivity index (χ0n) is 13.3. The van der Waals surface area contributed by atoms with Crippen molar-refractivity contribution in [2.75, 3.05) is 20.2 Å². The van der Waals surface area contributed by atoms with Gasteiger partial charge in [-0.1, -0.05) is 13.8 Å². The Kier molecular flexibility index (Phi) is 5.98. The summed E-state index contributed by atoms with van der Waals surface area (Å²) in [6.45, 7) is 6.51. The lowest BCUT2D eigenvalue weighted by atomic mass is 10.4. The molecule has 1 heterocycles. The Bertz CT molecular complexity index is 599. The van der Waals surface area contributed by atoms with Gasteiger partial charge in [-0.2, -0.15) is 4.31 Å². The van der Waals surface area contributed by atoms with E-state index in [2.05, 4.69) is 4.74 Å². The molecule has 120 valence electrons. The van der Waals surface area contributed by atoms with E-state index < -0.39 is 16.0 Å². The Morgan fingerprint density at radius 1 is 1.29 bits per heavy atom. The molecule has 1 aromatic heterocycles. The highest BCUT2D eigenvalue weighted by molar-refractivity contribution is 7.89. The Balaban J connectivity index is 3.34. The first kappa shape index (κ1) is 17.7. The van der Waals surface area contributed by atoms with E-state index in [0.717, 1.165) is 12.8 Å². The Labute approximate surface area is 126 Å². The van der Waals surface area contributed by atoms with Crippen molar-refractivity contribution in [1.82, 2.24) is 8.87 Å². The number of carbonyl (C=O) groups excluding carboxylic acids is 1. The highest BCUT2D eigenvalue weighted by Crippen LogP contribution is 2.24. The van der Waals surface area contributed by atoms with Crippen molar-refractivity contribution in [1.29, 1.82) is 0 Å². The van der Waals surface area contributed by atoms with Gasteiger partial charge in [0.15, 0.2) is 0 Å². The van der Waals surface area contributed by atoms with Crippen molar-refractivity contribution in [3.8, 4) is 0 Å².